The summed E-state index contributed by atoms with van der Waals surface area (Å²) in [4.78, 5) is 19.1. The molecule has 0 spiro atoms. The molecule has 0 radical (unpaired) electrons. The molecule has 2 heterocycles. The molecule has 1 aromatic heterocycles. The summed E-state index contributed by atoms with van der Waals surface area (Å²) in [5, 5.41) is 3.39. The molecule has 142 valence electrons. The van der Waals surface area contributed by atoms with Crippen LogP contribution in [0.4, 0.5) is 0 Å². The third-order valence-electron chi connectivity index (χ3n) is 4.70. The molecule has 0 bridgehead atoms. The number of hydrogen-bond acceptors (Lipinski definition) is 4. The molecule has 1 aliphatic heterocycles. The van der Waals surface area contributed by atoms with Gasteiger partial charge in [-0.1, -0.05) is 12.1 Å². The Bertz CT molecular complexity index is 725. The number of amides is 1. The second-order valence-corrected chi connectivity index (χ2v) is 6.17. The van der Waals surface area contributed by atoms with Crippen molar-refractivity contribution in [1.29, 1.82) is 0 Å². The standard InChI is InChI=1S/C19H23N3O2.2ClH/c1-13-14(2)22(9-8-21-13)19(23)17-10-16(11-20-12-17)15-4-6-18(24-3)7-5-15;;/h4-7,10-14,21H,8-9H2,1-3H3;2*1H. The highest BCUT2D eigenvalue weighted by Gasteiger charge is 2.28. The minimum atomic E-state index is 0. The van der Waals surface area contributed by atoms with Crippen molar-refractivity contribution in [2.45, 2.75) is 25.9 Å². The number of pyridine rings is 1. The Labute approximate surface area is 167 Å². The van der Waals surface area contributed by atoms with Crippen molar-refractivity contribution in [3.05, 3.63) is 48.3 Å². The number of halogens is 2. The zero-order valence-electron chi connectivity index (χ0n) is 15.1. The summed E-state index contributed by atoms with van der Waals surface area (Å²) in [6.45, 7) is 5.73. The monoisotopic (exact) mass is 397 g/mol. The van der Waals surface area contributed by atoms with Gasteiger partial charge in [-0.3, -0.25) is 9.78 Å². The van der Waals surface area contributed by atoms with Crippen LogP contribution >= 0.6 is 24.8 Å². The summed E-state index contributed by atoms with van der Waals surface area (Å²) < 4.78 is 5.19. The van der Waals surface area contributed by atoms with E-state index in [9.17, 15) is 4.79 Å². The van der Waals surface area contributed by atoms with Crippen LogP contribution in [0.5, 0.6) is 5.75 Å². The van der Waals surface area contributed by atoms with Crippen molar-refractivity contribution in [3.8, 4) is 16.9 Å². The van der Waals surface area contributed by atoms with Crippen LogP contribution in [-0.4, -0.2) is 48.1 Å². The maximum Gasteiger partial charge on any atom is 0.255 e. The molecule has 1 aliphatic rings. The molecule has 1 fully saturated rings. The van der Waals surface area contributed by atoms with Crippen LogP contribution in [0.1, 0.15) is 24.2 Å². The molecule has 3 rings (SSSR count). The van der Waals surface area contributed by atoms with Crippen LogP contribution in [0.15, 0.2) is 42.7 Å². The van der Waals surface area contributed by atoms with Gasteiger partial charge in [-0.25, -0.2) is 0 Å². The molecule has 26 heavy (non-hydrogen) atoms. The molecule has 0 aliphatic carbocycles. The van der Waals surface area contributed by atoms with Crippen LogP contribution in [-0.2, 0) is 0 Å². The van der Waals surface area contributed by atoms with Gasteiger partial charge in [0.25, 0.3) is 5.91 Å². The third kappa shape index (κ3) is 4.67. The Balaban J connectivity index is 0.00000169. The van der Waals surface area contributed by atoms with Crippen LogP contribution in [0.2, 0.25) is 0 Å². The van der Waals surface area contributed by atoms with Crippen LogP contribution in [0.3, 0.4) is 0 Å². The minimum absolute atomic E-state index is 0. The summed E-state index contributed by atoms with van der Waals surface area (Å²) in [6.07, 6.45) is 3.43. The predicted octanol–water partition coefficient (Wildman–Crippen LogP) is 3.42. The lowest BCUT2D eigenvalue weighted by Gasteiger charge is -2.38. The Morgan fingerprint density at radius 2 is 1.85 bits per heavy atom. The van der Waals surface area contributed by atoms with E-state index in [4.69, 9.17) is 4.74 Å². The lowest BCUT2D eigenvalue weighted by Crippen LogP contribution is -2.57. The number of nitrogens with one attached hydrogen (secondary N) is 1. The second kappa shape index (κ2) is 9.76. The van der Waals surface area contributed by atoms with Gasteiger partial charge in [0.2, 0.25) is 0 Å². The summed E-state index contributed by atoms with van der Waals surface area (Å²) in [5.74, 6) is 0.848. The minimum Gasteiger partial charge on any atom is -0.497 e. The lowest BCUT2D eigenvalue weighted by molar-refractivity contribution is 0.0602. The smallest absolute Gasteiger partial charge is 0.255 e. The summed E-state index contributed by atoms with van der Waals surface area (Å²) in [7, 11) is 1.64. The van der Waals surface area contributed by atoms with Crippen molar-refractivity contribution in [3.63, 3.8) is 0 Å². The number of piperazine rings is 1. The lowest BCUT2D eigenvalue weighted by atomic mass is 10.0. The highest BCUT2D eigenvalue weighted by molar-refractivity contribution is 5.95. The molecule has 0 saturated carbocycles. The van der Waals surface area contributed by atoms with Crippen molar-refractivity contribution < 1.29 is 9.53 Å². The quantitative estimate of drug-likeness (QED) is 0.861. The highest BCUT2D eigenvalue weighted by Crippen LogP contribution is 2.23. The fourth-order valence-corrected chi connectivity index (χ4v) is 3.01. The van der Waals surface area contributed by atoms with Gasteiger partial charge >= 0.3 is 0 Å². The topological polar surface area (TPSA) is 54.5 Å². The number of rotatable bonds is 3. The fraction of sp³-hybridized carbons (Fsp3) is 0.368. The van der Waals surface area contributed by atoms with E-state index < -0.39 is 0 Å². The predicted molar refractivity (Wildman–Crippen MR) is 109 cm³/mol. The van der Waals surface area contributed by atoms with E-state index in [2.05, 4.69) is 24.1 Å². The zero-order chi connectivity index (χ0) is 17.1. The van der Waals surface area contributed by atoms with E-state index in [1.54, 1.807) is 19.5 Å². The SMILES string of the molecule is COc1ccc(-c2cncc(C(=O)N3CCNC(C)C3C)c2)cc1.Cl.Cl. The Morgan fingerprint density at radius 1 is 1.15 bits per heavy atom. The normalized spacial score (nSPS) is 19.1. The van der Waals surface area contributed by atoms with Crippen LogP contribution < -0.4 is 10.1 Å². The Morgan fingerprint density at radius 3 is 2.50 bits per heavy atom. The number of carbonyl (C=O) groups excluding carboxylic acids is 1. The van der Waals surface area contributed by atoms with Crippen molar-refractivity contribution in [2.24, 2.45) is 0 Å². The first-order chi connectivity index (χ1) is 11.6. The van der Waals surface area contributed by atoms with Crippen molar-refractivity contribution in [2.75, 3.05) is 20.2 Å². The average molecular weight is 398 g/mol. The molecular weight excluding hydrogens is 373 g/mol. The molecule has 1 saturated heterocycles. The van der Waals surface area contributed by atoms with Gasteiger partial charge in [0.1, 0.15) is 5.75 Å². The maximum absolute atomic E-state index is 12.9. The first-order valence-electron chi connectivity index (χ1n) is 8.24. The van der Waals surface area contributed by atoms with Crippen molar-refractivity contribution >= 4 is 30.7 Å². The van der Waals surface area contributed by atoms with E-state index in [0.29, 0.717) is 11.6 Å². The van der Waals surface area contributed by atoms with Crippen molar-refractivity contribution in [1.82, 2.24) is 15.2 Å². The molecule has 2 aromatic rings. The van der Waals surface area contributed by atoms with Crippen LogP contribution in [0, 0.1) is 0 Å². The number of methoxy groups -OCH3 is 1. The molecule has 5 nitrogen and oxygen atoms in total. The molecule has 1 N–H and O–H groups in total. The Hall–Kier alpha value is -1.82. The number of benzene rings is 1. The van der Waals surface area contributed by atoms with E-state index in [-0.39, 0.29) is 36.8 Å². The first-order valence-corrected chi connectivity index (χ1v) is 8.24. The van der Waals surface area contributed by atoms with Crippen LogP contribution in [0.25, 0.3) is 11.1 Å². The third-order valence-corrected chi connectivity index (χ3v) is 4.70. The van der Waals surface area contributed by atoms with Gasteiger partial charge in [0, 0.05) is 43.1 Å². The first kappa shape index (κ1) is 22.2. The molecular formula is C19H25Cl2N3O2. The maximum atomic E-state index is 12.9. The van der Waals surface area contributed by atoms with E-state index in [0.717, 1.165) is 30.0 Å². The molecule has 2 atom stereocenters. The number of hydrogen-bond donors (Lipinski definition) is 1. The molecule has 7 heteroatoms. The number of carbonyl (C=O) groups is 1. The molecule has 2 unspecified atom stereocenters. The number of nitrogens with zero attached hydrogens (tertiary/aromatic N) is 2. The zero-order valence-corrected chi connectivity index (χ0v) is 16.8. The van der Waals surface area contributed by atoms with E-state index >= 15 is 0 Å². The van der Waals surface area contributed by atoms with Gasteiger partial charge in [-0.05, 0) is 37.6 Å². The van der Waals surface area contributed by atoms with E-state index in [1.807, 2.05) is 35.2 Å². The van der Waals surface area contributed by atoms with Gasteiger partial charge in [0.15, 0.2) is 0 Å². The fourth-order valence-electron chi connectivity index (χ4n) is 3.01. The van der Waals surface area contributed by atoms with E-state index in [1.165, 1.54) is 0 Å². The van der Waals surface area contributed by atoms with Gasteiger partial charge < -0.3 is 15.0 Å². The Kier molecular flexibility index (Phi) is 8.34. The molecule has 1 amide bonds. The second-order valence-electron chi connectivity index (χ2n) is 6.17. The summed E-state index contributed by atoms with van der Waals surface area (Å²) >= 11 is 0. The average Bonchev–Trinajstić information content (AvgIpc) is 2.63. The summed E-state index contributed by atoms with van der Waals surface area (Å²) in [6, 6.07) is 10.1. The largest absolute Gasteiger partial charge is 0.497 e. The number of ether oxygens (including phenoxy) is 1. The van der Waals surface area contributed by atoms with Gasteiger partial charge in [-0.15, -0.1) is 24.8 Å². The molecule has 1 aromatic carbocycles. The van der Waals surface area contributed by atoms with Gasteiger partial charge in [0.05, 0.1) is 12.7 Å². The summed E-state index contributed by atoms with van der Waals surface area (Å²) in [5.41, 5.74) is 2.57. The number of aromatic nitrogens is 1. The highest BCUT2D eigenvalue weighted by atomic mass is 35.5. The van der Waals surface area contributed by atoms with Gasteiger partial charge in [-0.2, -0.15) is 0 Å².